The van der Waals surface area contributed by atoms with E-state index in [4.69, 9.17) is 20.1 Å². The van der Waals surface area contributed by atoms with Gasteiger partial charge in [0.2, 0.25) is 17.7 Å². The Morgan fingerprint density at radius 3 is 2.16 bits per heavy atom. The van der Waals surface area contributed by atoms with E-state index in [2.05, 4.69) is 27.2 Å². The van der Waals surface area contributed by atoms with Gasteiger partial charge >= 0.3 is 7.12 Å². The number of carbonyl (C=O) groups excluding carboxylic acids is 4. The van der Waals surface area contributed by atoms with Crippen LogP contribution in [0.1, 0.15) is 48.9 Å². The number of hydrogen-bond donors (Lipinski definition) is 6. The normalized spacial score (nSPS) is 10.9. The van der Waals surface area contributed by atoms with Crippen LogP contribution in [0.25, 0.3) is 0 Å². The zero-order valence-electron chi connectivity index (χ0n) is 27.1. The van der Waals surface area contributed by atoms with Crippen molar-refractivity contribution in [1.29, 1.82) is 0 Å². The summed E-state index contributed by atoms with van der Waals surface area (Å²) in [5.41, 5.74) is 0.697. The summed E-state index contributed by atoms with van der Waals surface area (Å²) in [7, 11) is -5.82. The zero-order valence-corrected chi connectivity index (χ0v) is 28.0. The van der Waals surface area contributed by atoms with E-state index in [-0.39, 0.29) is 80.1 Å². The summed E-state index contributed by atoms with van der Waals surface area (Å²) in [6.45, 7) is 1.28. The molecule has 0 bridgehead atoms. The lowest BCUT2D eigenvalue weighted by Gasteiger charge is -2.10. The first kappa shape index (κ1) is 40.9. The SMILES string of the molecule is C#CCCCC(=O)NCCOCCOCCOS(=O)(=O)c1cccc(C(=O)NCCCNC(=O)CCC(=O)Nc2cccc(B(O)O)c2)c1. The molecule has 0 aliphatic rings. The van der Waals surface area contributed by atoms with E-state index in [9.17, 15) is 37.6 Å². The van der Waals surface area contributed by atoms with Crippen LogP contribution in [0, 0.1) is 12.3 Å². The molecule has 0 saturated carbocycles. The Morgan fingerprint density at radius 2 is 1.41 bits per heavy atom. The lowest BCUT2D eigenvalue weighted by Crippen LogP contribution is -2.31. The summed E-state index contributed by atoms with van der Waals surface area (Å²) >= 11 is 0. The van der Waals surface area contributed by atoms with Gasteiger partial charge in [-0.05, 0) is 48.6 Å². The number of amides is 4. The van der Waals surface area contributed by atoms with Gasteiger partial charge in [0.15, 0.2) is 0 Å². The van der Waals surface area contributed by atoms with Crippen molar-refractivity contribution in [3.8, 4) is 12.3 Å². The van der Waals surface area contributed by atoms with Crippen LogP contribution in [0.3, 0.4) is 0 Å². The molecule has 0 aliphatic carbocycles. The minimum Gasteiger partial charge on any atom is -0.423 e. The fourth-order valence-corrected chi connectivity index (χ4v) is 4.96. The number of unbranched alkanes of at least 4 members (excludes halogenated alkanes) is 1. The molecule has 0 unspecified atom stereocenters. The molecule has 2 rings (SSSR count). The lowest BCUT2D eigenvalue weighted by molar-refractivity contribution is -0.124. The summed E-state index contributed by atoms with van der Waals surface area (Å²) in [5, 5.41) is 29.1. The molecule has 2 aromatic carbocycles. The number of hydrogen-bond acceptors (Lipinski definition) is 11. The summed E-state index contributed by atoms with van der Waals surface area (Å²) in [6.07, 6.45) is 6.93. The highest BCUT2D eigenvalue weighted by atomic mass is 32.2. The Hall–Kier alpha value is -4.31. The van der Waals surface area contributed by atoms with Gasteiger partial charge in [0, 0.05) is 56.6 Å². The van der Waals surface area contributed by atoms with E-state index in [1.807, 2.05) is 0 Å². The van der Waals surface area contributed by atoms with E-state index in [0.717, 1.165) is 0 Å². The third-order valence-electron chi connectivity index (χ3n) is 6.53. The van der Waals surface area contributed by atoms with Crippen molar-refractivity contribution in [3.63, 3.8) is 0 Å². The van der Waals surface area contributed by atoms with Gasteiger partial charge in [-0.1, -0.05) is 18.2 Å². The van der Waals surface area contributed by atoms with Crippen LogP contribution in [-0.4, -0.2) is 102 Å². The Kier molecular flexibility index (Phi) is 19.3. The van der Waals surface area contributed by atoms with Crippen molar-refractivity contribution in [2.75, 3.05) is 58.0 Å². The van der Waals surface area contributed by atoms with E-state index in [1.54, 1.807) is 12.1 Å². The Balaban J connectivity index is 1.58. The minimum atomic E-state index is -4.15. The number of nitrogens with one attached hydrogen (secondary N) is 4. The van der Waals surface area contributed by atoms with E-state index < -0.39 is 29.1 Å². The molecule has 266 valence electrons. The molecule has 2 aromatic rings. The van der Waals surface area contributed by atoms with Gasteiger partial charge in [-0.2, -0.15) is 8.42 Å². The molecule has 0 aromatic heterocycles. The maximum atomic E-state index is 12.6. The smallest absolute Gasteiger partial charge is 0.423 e. The molecule has 6 N–H and O–H groups in total. The van der Waals surface area contributed by atoms with Crippen molar-refractivity contribution in [3.05, 3.63) is 54.1 Å². The van der Waals surface area contributed by atoms with Crippen LogP contribution in [0.2, 0.25) is 0 Å². The molecule has 0 aliphatic heterocycles. The van der Waals surface area contributed by atoms with Gasteiger partial charge in [-0.15, -0.1) is 12.3 Å². The molecule has 0 radical (unpaired) electrons. The Morgan fingerprint density at radius 1 is 0.755 bits per heavy atom. The molecule has 17 heteroatoms. The third-order valence-corrected chi connectivity index (χ3v) is 7.83. The van der Waals surface area contributed by atoms with Gasteiger partial charge < -0.3 is 40.8 Å². The second kappa shape index (κ2) is 23.1. The molecule has 15 nitrogen and oxygen atoms in total. The zero-order chi connectivity index (χ0) is 35.9. The second-order valence-corrected chi connectivity index (χ2v) is 12.1. The largest absolute Gasteiger partial charge is 0.488 e. The topological polar surface area (TPSA) is 219 Å². The molecule has 0 heterocycles. The highest BCUT2D eigenvalue weighted by Crippen LogP contribution is 2.14. The highest BCUT2D eigenvalue weighted by Gasteiger charge is 2.18. The number of ether oxygens (including phenoxy) is 2. The second-order valence-electron chi connectivity index (χ2n) is 10.4. The van der Waals surface area contributed by atoms with Crippen LogP contribution >= 0.6 is 0 Å². The fourth-order valence-electron chi connectivity index (χ4n) is 4.02. The lowest BCUT2D eigenvalue weighted by atomic mass is 9.80. The van der Waals surface area contributed by atoms with Crippen molar-refractivity contribution < 1.29 is 51.3 Å². The summed E-state index contributed by atoms with van der Waals surface area (Å²) in [4.78, 5) is 48.1. The molecule has 0 spiro atoms. The first-order chi connectivity index (χ1) is 23.5. The molecule has 0 fully saturated rings. The number of anilines is 1. The average Bonchev–Trinajstić information content (AvgIpc) is 3.08. The molecular formula is C32H43BN4O11S. The first-order valence-electron chi connectivity index (χ1n) is 15.7. The monoisotopic (exact) mass is 702 g/mol. The van der Waals surface area contributed by atoms with Crippen LogP contribution < -0.4 is 26.7 Å². The fraction of sp³-hybridized carbons (Fsp3) is 0.438. The minimum absolute atomic E-state index is 0.00986. The van der Waals surface area contributed by atoms with Crippen LogP contribution in [0.5, 0.6) is 0 Å². The van der Waals surface area contributed by atoms with Crippen LogP contribution in [0.15, 0.2) is 53.4 Å². The standard InChI is InChI=1S/C32H43BN4O11S/c1-2-3-4-12-29(38)35-17-18-46-19-20-47-21-22-48-49(44,45)28-11-5-8-25(23-28)32(41)36-16-7-15-34-30(39)13-14-31(40)37-27-10-6-9-26(24-27)33(42)43/h1,5-6,8-11,23-24,42-43H,3-4,7,12-22H2,(H,34,39)(H,35,38)(H,36,41)(H,37,40). The first-order valence-corrected chi connectivity index (χ1v) is 17.1. The van der Waals surface area contributed by atoms with Crippen LogP contribution in [0.4, 0.5) is 5.69 Å². The molecule has 0 atom stereocenters. The van der Waals surface area contributed by atoms with E-state index in [0.29, 0.717) is 44.5 Å². The van der Waals surface area contributed by atoms with Gasteiger partial charge in [0.1, 0.15) is 0 Å². The number of terminal acetylenes is 1. The van der Waals surface area contributed by atoms with Crippen LogP contribution in [-0.2, 0) is 38.2 Å². The van der Waals surface area contributed by atoms with E-state index >= 15 is 0 Å². The summed E-state index contributed by atoms with van der Waals surface area (Å²) in [6, 6.07) is 11.4. The molecular weight excluding hydrogens is 659 g/mol. The van der Waals surface area contributed by atoms with Gasteiger partial charge in [0.05, 0.1) is 37.9 Å². The summed E-state index contributed by atoms with van der Waals surface area (Å²) < 4.78 is 40.8. The predicted octanol–water partition coefficient (Wildman–Crippen LogP) is -0.320. The Bertz CT molecular complexity index is 1520. The summed E-state index contributed by atoms with van der Waals surface area (Å²) in [5.74, 6) is 1.10. The molecule has 4 amide bonds. The third kappa shape index (κ3) is 17.6. The average molecular weight is 703 g/mol. The van der Waals surface area contributed by atoms with Crippen molar-refractivity contribution in [2.24, 2.45) is 0 Å². The van der Waals surface area contributed by atoms with E-state index in [1.165, 1.54) is 36.4 Å². The van der Waals surface area contributed by atoms with Gasteiger partial charge in [-0.25, -0.2) is 0 Å². The highest BCUT2D eigenvalue weighted by molar-refractivity contribution is 7.86. The van der Waals surface area contributed by atoms with Crippen molar-refractivity contribution in [2.45, 2.75) is 43.4 Å². The predicted molar refractivity (Wildman–Crippen MR) is 181 cm³/mol. The molecule has 0 saturated heterocycles. The maximum absolute atomic E-state index is 12.6. The van der Waals surface area contributed by atoms with Crippen molar-refractivity contribution in [1.82, 2.24) is 16.0 Å². The number of carbonyl (C=O) groups is 4. The Labute approximate surface area is 286 Å². The van der Waals surface area contributed by atoms with Gasteiger partial charge in [-0.3, -0.25) is 23.4 Å². The van der Waals surface area contributed by atoms with Gasteiger partial charge in [0.25, 0.3) is 16.0 Å². The van der Waals surface area contributed by atoms with Crippen molar-refractivity contribution >= 4 is 52.0 Å². The maximum Gasteiger partial charge on any atom is 0.488 e. The number of benzene rings is 2. The number of rotatable bonds is 24. The quantitative estimate of drug-likeness (QED) is 0.0361. The molecule has 49 heavy (non-hydrogen) atoms.